The van der Waals surface area contributed by atoms with Gasteiger partial charge in [0.25, 0.3) is 0 Å². The second kappa shape index (κ2) is 5.39. The van der Waals surface area contributed by atoms with Gasteiger partial charge in [-0.2, -0.15) is 0 Å². The Morgan fingerprint density at radius 2 is 2.24 bits per heavy atom. The highest BCUT2D eigenvalue weighted by Gasteiger charge is 2.33. The van der Waals surface area contributed by atoms with Crippen molar-refractivity contribution in [1.82, 2.24) is 14.5 Å². The summed E-state index contributed by atoms with van der Waals surface area (Å²) in [5.74, 6) is 0.702. The van der Waals surface area contributed by atoms with Gasteiger partial charge in [-0.15, -0.1) is 0 Å². The number of benzene rings is 1. The fourth-order valence-corrected chi connectivity index (χ4v) is 3.26. The first-order valence-electron chi connectivity index (χ1n) is 7.62. The fourth-order valence-electron chi connectivity index (χ4n) is 3.26. The quantitative estimate of drug-likeness (QED) is 0.940. The van der Waals surface area contributed by atoms with Crippen LogP contribution in [-0.4, -0.2) is 34.1 Å². The number of hydrogen-bond acceptors (Lipinski definition) is 3. The molecule has 0 spiro atoms. The summed E-state index contributed by atoms with van der Waals surface area (Å²) in [6, 6.07) is 5.16. The van der Waals surface area contributed by atoms with E-state index in [1.165, 1.54) is 6.07 Å². The third-order valence-electron chi connectivity index (χ3n) is 4.62. The first-order chi connectivity index (χ1) is 10.1. The normalized spacial score (nSPS) is 23.2. The molecule has 0 radical (unpaired) electrons. The first kappa shape index (κ1) is 14.5. The van der Waals surface area contributed by atoms with Crippen LogP contribution in [0.4, 0.5) is 4.39 Å². The van der Waals surface area contributed by atoms with E-state index in [0.717, 1.165) is 43.9 Å². The minimum absolute atomic E-state index is 0.203. The maximum absolute atomic E-state index is 13.9. The van der Waals surface area contributed by atoms with Gasteiger partial charge >= 0.3 is 0 Å². The third kappa shape index (κ3) is 2.56. The molecule has 0 bridgehead atoms. The molecule has 1 aliphatic heterocycles. The van der Waals surface area contributed by atoms with E-state index < -0.39 is 0 Å². The highest BCUT2D eigenvalue weighted by atomic mass is 19.1. The summed E-state index contributed by atoms with van der Waals surface area (Å²) in [4.78, 5) is 6.91. The molecule has 1 atom stereocenters. The molecule has 0 saturated carbocycles. The van der Waals surface area contributed by atoms with Crippen molar-refractivity contribution in [2.24, 2.45) is 11.1 Å². The van der Waals surface area contributed by atoms with E-state index >= 15 is 0 Å². The van der Waals surface area contributed by atoms with Crippen molar-refractivity contribution in [2.45, 2.75) is 33.4 Å². The molecule has 1 fully saturated rings. The molecule has 2 aromatic rings. The van der Waals surface area contributed by atoms with Gasteiger partial charge in [0, 0.05) is 13.1 Å². The monoisotopic (exact) mass is 290 g/mol. The zero-order chi connectivity index (χ0) is 15.0. The van der Waals surface area contributed by atoms with Crippen LogP contribution in [0.3, 0.4) is 0 Å². The van der Waals surface area contributed by atoms with Crippen LogP contribution in [0.2, 0.25) is 0 Å². The van der Waals surface area contributed by atoms with Gasteiger partial charge in [0.1, 0.15) is 11.3 Å². The Kier molecular flexibility index (Phi) is 3.71. The summed E-state index contributed by atoms with van der Waals surface area (Å²) in [6.07, 6.45) is 1.12. The topological polar surface area (TPSA) is 47.1 Å². The Balaban J connectivity index is 1.89. The fraction of sp³-hybridized carbons (Fsp3) is 0.562. The maximum Gasteiger partial charge on any atom is 0.151 e. The van der Waals surface area contributed by atoms with Gasteiger partial charge in [-0.25, -0.2) is 9.37 Å². The summed E-state index contributed by atoms with van der Waals surface area (Å²) in [7, 11) is 0. The molecule has 2 heterocycles. The smallest absolute Gasteiger partial charge is 0.151 e. The molecule has 0 amide bonds. The van der Waals surface area contributed by atoms with Crippen molar-refractivity contribution in [1.29, 1.82) is 0 Å². The first-order valence-corrected chi connectivity index (χ1v) is 7.62. The van der Waals surface area contributed by atoms with Crippen LogP contribution in [0.25, 0.3) is 11.0 Å². The lowest BCUT2D eigenvalue weighted by atomic mass is 9.90. The number of hydrogen-bond donors (Lipinski definition) is 1. The van der Waals surface area contributed by atoms with E-state index in [9.17, 15) is 4.39 Å². The van der Waals surface area contributed by atoms with Crippen LogP contribution < -0.4 is 5.73 Å². The molecule has 1 unspecified atom stereocenters. The summed E-state index contributed by atoms with van der Waals surface area (Å²) in [6.45, 7) is 8.60. The van der Waals surface area contributed by atoms with Crippen molar-refractivity contribution in [3.63, 3.8) is 0 Å². The molecular formula is C16H23FN4. The number of imidazole rings is 1. The van der Waals surface area contributed by atoms with E-state index in [1.54, 1.807) is 6.07 Å². The molecule has 1 aromatic carbocycles. The molecule has 3 rings (SSSR count). The van der Waals surface area contributed by atoms with Gasteiger partial charge < -0.3 is 10.3 Å². The average molecular weight is 290 g/mol. The molecular weight excluding hydrogens is 267 g/mol. The second-order valence-electron chi connectivity index (χ2n) is 6.36. The van der Waals surface area contributed by atoms with Gasteiger partial charge in [-0.1, -0.05) is 13.0 Å². The van der Waals surface area contributed by atoms with Gasteiger partial charge in [-0.3, -0.25) is 4.90 Å². The van der Waals surface area contributed by atoms with Gasteiger partial charge in [-0.05, 0) is 44.0 Å². The Labute approximate surface area is 124 Å². The number of fused-ring (bicyclic) bond motifs is 1. The maximum atomic E-state index is 13.9. The lowest BCUT2D eigenvalue weighted by Crippen LogP contribution is -2.31. The van der Waals surface area contributed by atoms with Crippen LogP contribution in [0.5, 0.6) is 0 Å². The molecule has 1 aliphatic rings. The molecule has 5 heteroatoms. The summed E-state index contributed by atoms with van der Waals surface area (Å²) >= 11 is 0. The minimum Gasteiger partial charge on any atom is -0.330 e. The van der Waals surface area contributed by atoms with Gasteiger partial charge in [0.05, 0.1) is 12.1 Å². The zero-order valence-electron chi connectivity index (χ0n) is 12.8. The minimum atomic E-state index is -0.242. The summed E-state index contributed by atoms with van der Waals surface area (Å²) < 4.78 is 16.0. The molecule has 4 nitrogen and oxygen atoms in total. The van der Waals surface area contributed by atoms with Gasteiger partial charge in [0.15, 0.2) is 5.82 Å². The van der Waals surface area contributed by atoms with E-state index in [0.29, 0.717) is 12.1 Å². The average Bonchev–Trinajstić information content (AvgIpc) is 3.02. The highest BCUT2D eigenvalue weighted by molar-refractivity contribution is 5.76. The number of likely N-dealkylation sites (tertiary alicyclic amines) is 1. The van der Waals surface area contributed by atoms with Crippen LogP contribution in [-0.2, 0) is 13.1 Å². The number of nitrogens with zero attached hydrogens (tertiary/aromatic N) is 3. The van der Waals surface area contributed by atoms with Crippen LogP contribution in [0, 0.1) is 11.2 Å². The standard InChI is InChI=1S/C16H23FN4/c1-3-21-13-6-4-5-12(17)15(13)19-14(21)9-20-8-7-16(2,10-18)11-20/h4-6H,3,7-11,18H2,1-2H3. The Morgan fingerprint density at radius 3 is 2.90 bits per heavy atom. The molecule has 1 saturated heterocycles. The van der Waals surface area contributed by atoms with Crippen LogP contribution in [0.1, 0.15) is 26.1 Å². The number of halogens is 1. The predicted octanol–water partition coefficient (Wildman–Crippen LogP) is 2.37. The molecule has 2 N–H and O–H groups in total. The van der Waals surface area contributed by atoms with Crippen molar-refractivity contribution in [2.75, 3.05) is 19.6 Å². The van der Waals surface area contributed by atoms with E-state index in [4.69, 9.17) is 5.73 Å². The molecule has 114 valence electrons. The summed E-state index contributed by atoms with van der Waals surface area (Å²) in [5.41, 5.74) is 7.43. The Morgan fingerprint density at radius 1 is 1.43 bits per heavy atom. The Bertz CT molecular complexity index is 651. The molecule has 1 aromatic heterocycles. The lowest BCUT2D eigenvalue weighted by Gasteiger charge is -2.22. The lowest BCUT2D eigenvalue weighted by molar-refractivity contribution is 0.267. The number of para-hydroxylation sites is 1. The zero-order valence-corrected chi connectivity index (χ0v) is 12.8. The largest absolute Gasteiger partial charge is 0.330 e. The molecule has 21 heavy (non-hydrogen) atoms. The van der Waals surface area contributed by atoms with Crippen molar-refractivity contribution in [3.8, 4) is 0 Å². The number of aryl methyl sites for hydroxylation is 1. The molecule has 0 aliphatic carbocycles. The van der Waals surface area contributed by atoms with Crippen molar-refractivity contribution >= 4 is 11.0 Å². The number of rotatable bonds is 4. The second-order valence-corrected chi connectivity index (χ2v) is 6.36. The van der Waals surface area contributed by atoms with Crippen molar-refractivity contribution < 1.29 is 4.39 Å². The highest BCUT2D eigenvalue weighted by Crippen LogP contribution is 2.30. The predicted molar refractivity (Wildman–Crippen MR) is 82.4 cm³/mol. The number of nitrogens with two attached hydrogens (primary N) is 1. The van der Waals surface area contributed by atoms with Crippen molar-refractivity contribution in [3.05, 3.63) is 29.8 Å². The summed E-state index contributed by atoms with van der Waals surface area (Å²) in [5, 5.41) is 0. The van der Waals surface area contributed by atoms with E-state index in [2.05, 4.69) is 28.3 Å². The third-order valence-corrected chi connectivity index (χ3v) is 4.62. The van der Waals surface area contributed by atoms with E-state index in [-0.39, 0.29) is 11.2 Å². The van der Waals surface area contributed by atoms with Gasteiger partial charge in [0.2, 0.25) is 0 Å². The SMILES string of the molecule is CCn1c(CN2CCC(C)(CN)C2)nc2c(F)cccc21. The Hall–Kier alpha value is -1.46. The number of aromatic nitrogens is 2. The van der Waals surface area contributed by atoms with Crippen LogP contribution >= 0.6 is 0 Å². The van der Waals surface area contributed by atoms with Crippen LogP contribution in [0.15, 0.2) is 18.2 Å². The van der Waals surface area contributed by atoms with E-state index in [1.807, 2.05) is 6.07 Å².